The van der Waals surface area contributed by atoms with Crippen LogP contribution in [0.5, 0.6) is 0 Å². The van der Waals surface area contributed by atoms with Crippen molar-refractivity contribution in [2.75, 3.05) is 6.54 Å². The maximum absolute atomic E-state index is 11.6. The van der Waals surface area contributed by atoms with Crippen LogP contribution in [0.1, 0.15) is 24.8 Å². The average Bonchev–Trinajstić information content (AvgIpc) is 3.19. The van der Waals surface area contributed by atoms with Crippen molar-refractivity contribution < 1.29 is 4.79 Å². The van der Waals surface area contributed by atoms with E-state index < -0.39 is 0 Å². The molecule has 2 rings (SSSR count). The second-order valence-electron chi connectivity index (χ2n) is 4.79. The molecule has 1 saturated carbocycles. The van der Waals surface area contributed by atoms with E-state index in [-0.39, 0.29) is 24.4 Å². The van der Waals surface area contributed by atoms with Crippen LogP contribution in [0.3, 0.4) is 0 Å². The quantitative estimate of drug-likeness (QED) is 0.828. The van der Waals surface area contributed by atoms with Gasteiger partial charge in [-0.1, -0.05) is 30.3 Å². The Kier molecular flexibility index (Phi) is 6.16. The van der Waals surface area contributed by atoms with Crippen molar-refractivity contribution >= 4 is 18.3 Å². The third-order valence-electron chi connectivity index (χ3n) is 3.25. The van der Waals surface area contributed by atoms with Crippen molar-refractivity contribution in [1.82, 2.24) is 5.32 Å². The number of aryl methyl sites for hydroxylation is 1. The molecule has 0 spiro atoms. The van der Waals surface area contributed by atoms with Crippen molar-refractivity contribution in [3.05, 3.63) is 35.9 Å². The van der Waals surface area contributed by atoms with Gasteiger partial charge < -0.3 is 11.1 Å². The topological polar surface area (TPSA) is 55.1 Å². The Morgan fingerprint density at radius 3 is 2.61 bits per heavy atom. The van der Waals surface area contributed by atoms with E-state index in [1.54, 1.807) is 0 Å². The van der Waals surface area contributed by atoms with E-state index in [1.165, 1.54) is 18.4 Å². The molecule has 0 radical (unpaired) electrons. The average molecular weight is 269 g/mol. The van der Waals surface area contributed by atoms with Crippen LogP contribution in [0.25, 0.3) is 0 Å². The molecule has 1 amide bonds. The Bertz CT molecular complexity index is 365. The van der Waals surface area contributed by atoms with Gasteiger partial charge in [-0.3, -0.25) is 4.79 Å². The summed E-state index contributed by atoms with van der Waals surface area (Å²) in [7, 11) is 0. The molecule has 0 bridgehead atoms. The number of benzene rings is 1. The lowest BCUT2D eigenvalue weighted by atomic mass is 10.1. The molecule has 0 saturated heterocycles. The second kappa shape index (κ2) is 7.39. The largest absolute Gasteiger partial charge is 0.355 e. The molecule has 4 heteroatoms. The predicted molar refractivity (Wildman–Crippen MR) is 75.7 cm³/mol. The summed E-state index contributed by atoms with van der Waals surface area (Å²) in [6.07, 6.45) is 3.79. The van der Waals surface area contributed by atoms with Gasteiger partial charge in [0.15, 0.2) is 0 Å². The number of hydrogen-bond acceptors (Lipinski definition) is 2. The minimum atomic E-state index is 0. The number of halogens is 1. The molecule has 3 N–H and O–H groups in total. The zero-order valence-electron chi connectivity index (χ0n) is 10.5. The molecule has 100 valence electrons. The fraction of sp³-hybridized carbons (Fsp3) is 0.500. The number of carbonyl (C=O) groups excluding carboxylic acids is 1. The number of nitrogens with two attached hydrogens (primary N) is 1. The highest BCUT2D eigenvalue weighted by Gasteiger charge is 2.28. The summed E-state index contributed by atoms with van der Waals surface area (Å²) < 4.78 is 0. The van der Waals surface area contributed by atoms with Gasteiger partial charge in [0.2, 0.25) is 5.91 Å². The fourth-order valence-corrected chi connectivity index (χ4v) is 1.91. The molecule has 1 aromatic carbocycles. The molecule has 3 nitrogen and oxygen atoms in total. The van der Waals surface area contributed by atoms with Gasteiger partial charge in [0, 0.05) is 19.0 Å². The maximum Gasteiger partial charge on any atom is 0.220 e. The smallest absolute Gasteiger partial charge is 0.220 e. The molecular formula is C14H21ClN2O. The highest BCUT2D eigenvalue weighted by atomic mass is 35.5. The van der Waals surface area contributed by atoms with Gasteiger partial charge in [-0.25, -0.2) is 0 Å². The van der Waals surface area contributed by atoms with Crippen LogP contribution in [-0.2, 0) is 11.2 Å². The van der Waals surface area contributed by atoms with Crippen molar-refractivity contribution in [3.63, 3.8) is 0 Å². The van der Waals surface area contributed by atoms with E-state index in [4.69, 9.17) is 5.73 Å². The third-order valence-corrected chi connectivity index (χ3v) is 3.25. The summed E-state index contributed by atoms with van der Waals surface area (Å²) in [5.41, 5.74) is 7.12. The number of carbonyl (C=O) groups is 1. The standard InChI is InChI=1S/C14H20N2O.ClH/c15-13(12-7-8-12)10-16-14(17)9-6-11-4-2-1-3-5-11;/h1-5,12-13H,6-10,15H2,(H,16,17);1H. The lowest BCUT2D eigenvalue weighted by Crippen LogP contribution is -2.38. The Labute approximate surface area is 115 Å². The lowest BCUT2D eigenvalue weighted by molar-refractivity contribution is -0.121. The summed E-state index contributed by atoms with van der Waals surface area (Å²) in [6.45, 7) is 0.623. The lowest BCUT2D eigenvalue weighted by Gasteiger charge is -2.11. The van der Waals surface area contributed by atoms with Crippen molar-refractivity contribution in [2.45, 2.75) is 31.7 Å². The normalized spacial score (nSPS) is 15.6. The number of amides is 1. The highest BCUT2D eigenvalue weighted by molar-refractivity contribution is 5.85. The zero-order chi connectivity index (χ0) is 12.1. The summed E-state index contributed by atoms with van der Waals surface area (Å²) in [6, 6.07) is 10.2. The van der Waals surface area contributed by atoms with Crippen LogP contribution in [0, 0.1) is 5.92 Å². The van der Waals surface area contributed by atoms with Crippen molar-refractivity contribution in [3.8, 4) is 0 Å². The first-order valence-corrected chi connectivity index (χ1v) is 6.32. The van der Waals surface area contributed by atoms with Gasteiger partial charge >= 0.3 is 0 Å². The Morgan fingerprint density at radius 2 is 2.00 bits per heavy atom. The first-order valence-electron chi connectivity index (χ1n) is 6.32. The summed E-state index contributed by atoms with van der Waals surface area (Å²) >= 11 is 0. The van der Waals surface area contributed by atoms with Gasteiger partial charge in [-0.05, 0) is 30.7 Å². The molecule has 0 aromatic heterocycles. The zero-order valence-corrected chi connectivity index (χ0v) is 11.3. The first kappa shape index (κ1) is 15.0. The molecule has 1 aromatic rings. The van der Waals surface area contributed by atoms with Crippen LogP contribution in [0.4, 0.5) is 0 Å². The first-order chi connectivity index (χ1) is 8.25. The van der Waals surface area contributed by atoms with E-state index >= 15 is 0 Å². The van der Waals surface area contributed by atoms with Crippen molar-refractivity contribution in [1.29, 1.82) is 0 Å². The van der Waals surface area contributed by atoms with Gasteiger partial charge in [-0.15, -0.1) is 12.4 Å². The van der Waals surface area contributed by atoms with E-state index in [1.807, 2.05) is 30.3 Å². The predicted octanol–water partition coefficient (Wildman–Crippen LogP) is 1.89. The van der Waals surface area contributed by atoms with E-state index in [2.05, 4.69) is 5.32 Å². The molecule has 0 heterocycles. The minimum Gasteiger partial charge on any atom is -0.355 e. The molecular weight excluding hydrogens is 248 g/mol. The molecule has 1 unspecified atom stereocenters. The second-order valence-corrected chi connectivity index (χ2v) is 4.79. The van der Waals surface area contributed by atoms with E-state index in [9.17, 15) is 4.79 Å². The minimum absolute atomic E-state index is 0. The molecule has 1 atom stereocenters. The summed E-state index contributed by atoms with van der Waals surface area (Å²) in [4.78, 5) is 11.6. The number of hydrogen-bond donors (Lipinski definition) is 2. The van der Waals surface area contributed by atoms with Crippen LogP contribution >= 0.6 is 12.4 Å². The molecule has 0 aliphatic heterocycles. The molecule has 1 aliphatic rings. The maximum atomic E-state index is 11.6. The van der Waals surface area contributed by atoms with Gasteiger partial charge in [0.25, 0.3) is 0 Å². The van der Waals surface area contributed by atoms with Crippen molar-refractivity contribution in [2.24, 2.45) is 11.7 Å². The van der Waals surface area contributed by atoms with Gasteiger partial charge in [-0.2, -0.15) is 0 Å². The summed E-state index contributed by atoms with van der Waals surface area (Å²) in [5.74, 6) is 0.745. The van der Waals surface area contributed by atoms with Crippen LogP contribution in [0.2, 0.25) is 0 Å². The van der Waals surface area contributed by atoms with Crippen LogP contribution in [-0.4, -0.2) is 18.5 Å². The Morgan fingerprint density at radius 1 is 1.33 bits per heavy atom. The van der Waals surface area contributed by atoms with Gasteiger partial charge in [0.1, 0.15) is 0 Å². The summed E-state index contributed by atoms with van der Waals surface area (Å²) in [5, 5.41) is 2.91. The van der Waals surface area contributed by atoms with Crippen LogP contribution in [0.15, 0.2) is 30.3 Å². The third kappa shape index (κ3) is 5.07. The van der Waals surface area contributed by atoms with Crippen LogP contribution < -0.4 is 11.1 Å². The molecule has 18 heavy (non-hydrogen) atoms. The number of rotatable bonds is 6. The molecule has 1 aliphatic carbocycles. The highest BCUT2D eigenvalue weighted by Crippen LogP contribution is 2.31. The Balaban J connectivity index is 0.00000162. The Hall–Kier alpha value is -1.06. The van der Waals surface area contributed by atoms with E-state index in [0.717, 1.165) is 6.42 Å². The fourth-order valence-electron chi connectivity index (χ4n) is 1.91. The SMILES string of the molecule is Cl.NC(CNC(=O)CCc1ccccc1)C1CC1. The monoisotopic (exact) mass is 268 g/mol. The molecule has 1 fully saturated rings. The van der Waals surface area contributed by atoms with E-state index in [0.29, 0.717) is 18.9 Å². The number of nitrogens with one attached hydrogen (secondary N) is 1. The van der Waals surface area contributed by atoms with Gasteiger partial charge in [0.05, 0.1) is 0 Å².